The van der Waals surface area contributed by atoms with Crippen molar-refractivity contribution in [1.29, 1.82) is 0 Å². The van der Waals surface area contributed by atoms with Crippen molar-refractivity contribution in [2.24, 2.45) is 0 Å². The van der Waals surface area contributed by atoms with Crippen molar-refractivity contribution >= 4 is 27.5 Å². The molecule has 0 bridgehead atoms. The average molecular weight is 568 g/mol. The Balaban J connectivity index is 2.07. The van der Waals surface area contributed by atoms with E-state index in [0.717, 1.165) is 33.1 Å². The molecule has 0 saturated heterocycles. The second-order valence-electron chi connectivity index (χ2n) is 11.0. The van der Waals surface area contributed by atoms with Crippen molar-refractivity contribution in [1.82, 2.24) is 10.2 Å². The fourth-order valence-corrected chi connectivity index (χ4v) is 5.77. The number of carbonyl (C=O) groups is 2. The van der Waals surface area contributed by atoms with Crippen LogP contribution in [0.1, 0.15) is 50.8 Å². The van der Waals surface area contributed by atoms with Crippen LogP contribution >= 0.6 is 0 Å². The summed E-state index contributed by atoms with van der Waals surface area (Å²) in [7, 11) is -4.21. The van der Waals surface area contributed by atoms with Gasteiger partial charge in [-0.05, 0) is 83.0 Å². The minimum absolute atomic E-state index is 0.00187. The van der Waals surface area contributed by atoms with Crippen LogP contribution in [0.4, 0.5) is 10.1 Å². The van der Waals surface area contributed by atoms with Crippen molar-refractivity contribution in [2.45, 2.75) is 71.0 Å². The van der Waals surface area contributed by atoms with Crippen molar-refractivity contribution in [2.75, 3.05) is 10.8 Å². The lowest BCUT2D eigenvalue weighted by Crippen LogP contribution is -2.55. The van der Waals surface area contributed by atoms with Gasteiger partial charge in [0, 0.05) is 12.1 Å². The number of halogens is 1. The molecule has 1 N–H and O–H groups in total. The van der Waals surface area contributed by atoms with Crippen LogP contribution in [0.25, 0.3) is 0 Å². The highest BCUT2D eigenvalue weighted by molar-refractivity contribution is 7.92. The van der Waals surface area contributed by atoms with E-state index in [4.69, 9.17) is 0 Å². The van der Waals surface area contributed by atoms with E-state index >= 15 is 0 Å². The zero-order valence-corrected chi connectivity index (χ0v) is 24.8. The predicted octanol–water partition coefficient (Wildman–Crippen LogP) is 5.36. The van der Waals surface area contributed by atoms with Crippen LogP contribution in [0.15, 0.2) is 77.7 Å². The Labute approximate surface area is 237 Å². The van der Waals surface area contributed by atoms with Gasteiger partial charge in [0.15, 0.2) is 0 Å². The predicted molar refractivity (Wildman–Crippen MR) is 156 cm³/mol. The maximum atomic E-state index is 14.1. The van der Waals surface area contributed by atoms with E-state index in [1.165, 1.54) is 29.2 Å². The molecule has 40 heavy (non-hydrogen) atoms. The van der Waals surface area contributed by atoms with Crippen molar-refractivity contribution < 1.29 is 22.4 Å². The van der Waals surface area contributed by atoms with Gasteiger partial charge in [-0.25, -0.2) is 12.8 Å². The Hall–Kier alpha value is -3.72. The van der Waals surface area contributed by atoms with Crippen molar-refractivity contribution in [3.05, 3.63) is 95.3 Å². The fourth-order valence-electron chi connectivity index (χ4n) is 4.35. The van der Waals surface area contributed by atoms with E-state index in [-0.39, 0.29) is 23.0 Å². The number of anilines is 1. The van der Waals surface area contributed by atoms with Gasteiger partial charge in [-0.2, -0.15) is 0 Å². The number of hydrogen-bond acceptors (Lipinski definition) is 4. The first-order valence-corrected chi connectivity index (χ1v) is 14.7. The lowest BCUT2D eigenvalue weighted by molar-refractivity contribution is -0.141. The van der Waals surface area contributed by atoms with E-state index in [1.807, 2.05) is 65.8 Å². The molecule has 0 saturated carbocycles. The van der Waals surface area contributed by atoms with Crippen LogP contribution < -0.4 is 9.62 Å². The first-order chi connectivity index (χ1) is 18.7. The molecule has 0 aliphatic carbocycles. The number of rotatable bonds is 10. The summed E-state index contributed by atoms with van der Waals surface area (Å²) in [6, 6.07) is 18.0. The SMILES string of the molecule is CCC(C(=O)NC(C)(C)C)N(Cc1cccc(C)c1)C(=O)CN(c1ccc(F)cc1)S(=O)(=O)c1ccc(C)cc1. The molecule has 7 nitrogen and oxygen atoms in total. The summed E-state index contributed by atoms with van der Waals surface area (Å²) < 4.78 is 42.4. The number of hydrogen-bond donors (Lipinski definition) is 1. The monoisotopic (exact) mass is 567 g/mol. The maximum Gasteiger partial charge on any atom is 0.264 e. The molecular formula is C31H38FN3O4S. The van der Waals surface area contributed by atoms with E-state index < -0.39 is 39.9 Å². The Morgan fingerprint density at radius 1 is 0.925 bits per heavy atom. The standard InChI is InChI=1S/C31H38FN3O4S/c1-7-28(30(37)33-31(4,5)6)34(20-24-10-8-9-23(3)19-24)29(36)21-35(26-15-13-25(32)14-16-26)40(38,39)27-17-11-22(2)12-18-27/h8-19,28H,7,20-21H2,1-6H3,(H,33,37). The van der Waals surface area contributed by atoms with Crippen LogP contribution in [-0.4, -0.2) is 43.3 Å². The van der Waals surface area contributed by atoms with E-state index in [0.29, 0.717) is 6.42 Å². The molecule has 0 spiro atoms. The van der Waals surface area contributed by atoms with Gasteiger partial charge in [-0.3, -0.25) is 13.9 Å². The molecule has 9 heteroatoms. The molecule has 0 heterocycles. The minimum Gasteiger partial charge on any atom is -0.350 e. The molecule has 0 aliphatic heterocycles. The van der Waals surface area contributed by atoms with Crippen LogP contribution in [0.2, 0.25) is 0 Å². The van der Waals surface area contributed by atoms with Crippen LogP contribution in [0.3, 0.4) is 0 Å². The van der Waals surface area contributed by atoms with E-state index in [2.05, 4.69) is 5.32 Å². The van der Waals surface area contributed by atoms with E-state index in [1.54, 1.807) is 12.1 Å². The first-order valence-electron chi connectivity index (χ1n) is 13.2. The summed E-state index contributed by atoms with van der Waals surface area (Å²) in [6.07, 6.45) is 0.320. The van der Waals surface area contributed by atoms with Gasteiger partial charge in [0.1, 0.15) is 18.4 Å². The number of aryl methyl sites for hydroxylation is 2. The molecule has 1 atom stereocenters. The van der Waals surface area contributed by atoms with Crippen molar-refractivity contribution in [3.63, 3.8) is 0 Å². The third-order valence-corrected chi connectivity index (χ3v) is 8.11. The first kappa shape index (κ1) is 30.8. The summed E-state index contributed by atoms with van der Waals surface area (Å²) in [5.41, 5.74) is 2.29. The summed E-state index contributed by atoms with van der Waals surface area (Å²) in [4.78, 5) is 28.8. The van der Waals surface area contributed by atoms with Gasteiger partial charge in [-0.15, -0.1) is 0 Å². The maximum absolute atomic E-state index is 14.1. The topological polar surface area (TPSA) is 86.8 Å². The molecule has 0 radical (unpaired) electrons. The summed E-state index contributed by atoms with van der Waals surface area (Å²) in [5, 5.41) is 2.95. The molecule has 0 aromatic heterocycles. The van der Waals surface area contributed by atoms with Gasteiger partial charge in [0.05, 0.1) is 10.6 Å². The normalized spacial score (nSPS) is 12.5. The molecule has 0 aliphatic rings. The molecule has 1 unspecified atom stereocenters. The number of nitrogens with zero attached hydrogens (tertiary/aromatic N) is 2. The highest BCUT2D eigenvalue weighted by Gasteiger charge is 2.34. The van der Waals surface area contributed by atoms with E-state index in [9.17, 15) is 22.4 Å². The number of benzene rings is 3. The van der Waals surface area contributed by atoms with Crippen molar-refractivity contribution in [3.8, 4) is 0 Å². The lowest BCUT2D eigenvalue weighted by Gasteiger charge is -2.34. The summed E-state index contributed by atoms with van der Waals surface area (Å²) in [5.74, 6) is -1.42. The Morgan fingerprint density at radius 2 is 1.55 bits per heavy atom. The number of nitrogens with one attached hydrogen (secondary N) is 1. The fraction of sp³-hybridized carbons (Fsp3) is 0.355. The number of sulfonamides is 1. The molecular weight excluding hydrogens is 529 g/mol. The van der Waals surface area contributed by atoms with Gasteiger partial charge in [0.25, 0.3) is 10.0 Å². The van der Waals surface area contributed by atoms with Gasteiger partial charge < -0.3 is 10.2 Å². The third-order valence-electron chi connectivity index (χ3n) is 6.32. The second-order valence-corrected chi connectivity index (χ2v) is 12.8. The third kappa shape index (κ3) is 7.91. The minimum atomic E-state index is -4.21. The average Bonchev–Trinajstić information content (AvgIpc) is 2.87. The molecule has 2 amide bonds. The zero-order chi connectivity index (χ0) is 29.7. The lowest BCUT2D eigenvalue weighted by atomic mass is 10.0. The molecule has 0 fully saturated rings. The molecule has 214 valence electrons. The zero-order valence-electron chi connectivity index (χ0n) is 23.9. The van der Waals surface area contributed by atoms with Crippen LogP contribution in [0, 0.1) is 19.7 Å². The largest absolute Gasteiger partial charge is 0.350 e. The second kappa shape index (κ2) is 12.6. The molecule has 3 aromatic rings. The highest BCUT2D eigenvalue weighted by Crippen LogP contribution is 2.25. The number of carbonyl (C=O) groups excluding carboxylic acids is 2. The Bertz CT molecular complexity index is 1430. The Morgan fingerprint density at radius 3 is 2.10 bits per heavy atom. The van der Waals surface area contributed by atoms with Crippen LogP contribution in [0.5, 0.6) is 0 Å². The van der Waals surface area contributed by atoms with Gasteiger partial charge in [0.2, 0.25) is 11.8 Å². The molecule has 3 aromatic carbocycles. The summed E-state index contributed by atoms with van der Waals surface area (Å²) >= 11 is 0. The molecule has 3 rings (SSSR count). The summed E-state index contributed by atoms with van der Waals surface area (Å²) in [6.45, 7) is 10.7. The Kier molecular flexibility index (Phi) is 9.73. The van der Waals surface area contributed by atoms with Gasteiger partial charge in [-0.1, -0.05) is 54.4 Å². The quantitative estimate of drug-likeness (QED) is 0.357. The van der Waals surface area contributed by atoms with Gasteiger partial charge >= 0.3 is 0 Å². The smallest absolute Gasteiger partial charge is 0.264 e. The van der Waals surface area contributed by atoms with Crippen LogP contribution in [-0.2, 0) is 26.2 Å². The number of amides is 2. The highest BCUT2D eigenvalue weighted by atomic mass is 32.2.